The highest BCUT2D eigenvalue weighted by atomic mass is 16.3. The fourth-order valence-electron chi connectivity index (χ4n) is 0.723. The van der Waals surface area contributed by atoms with Crippen LogP contribution in [-0.2, 0) is 0 Å². The lowest BCUT2D eigenvalue weighted by Crippen LogP contribution is -2.23. The molecule has 0 saturated carbocycles. The molecule has 0 bridgehead atoms. The van der Waals surface area contributed by atoms with E-state index in [-0.39, 0.29) is 5.56 Å². The van der Waals surface area contributed by atoms with Gasteiger partial charge in [-0.05, 0) is 13.8 Å². The monoisotopic (exact) mass is 194 g/mol. The van der Waals surface area contributed by atoms with Crippen LogP contribution in [0, 0.1) is 11.8 Å². The smallest absolute Gasteiger partial charge is 0.325 e. The van der Waals surface area contributed by atoms with Crippen LogP contribution in [0.4, 0.5) is 0 Å². The van der Waals surface area contributed by atoms with Crippen LogP contribution in [-0.4, -0.2) is 20.7 Å². The van der Waals surface area contributed by atoms with Crippen LogP contribution >= 0.6 is 0 Å². The highest BCUT2D eigenvalue weighted by Gasteiger charge is 2.06. The van der Waals surface area contributed by atoms with Gasteiger partial charge in [0.15, 0.2) is 0 Å². The van der Waals surface area contributed by atoms with Gasteiger partial charge in [0.25, 0.3) is 5.56 Å². The molecule has 0 amide bonds. The SMILES string of the molecule is CC(C)(O)C#Cc1c[nH]c(=O)[nH]c1=O. The van der Waals surface area contributed by atoms with E-state index in [9.17, 15) is 14.7 Å². The largest absolute Gasteiger partial charge is 0.378 e. The van der Waals surface area contributed by atoms with Crippen molar-refractivity contribution in [3.63, 3.8) is 0 Å². The lowest BCUT2D eigenvalue weighted by Gasteiger charge is -2.05. The predicted octanol–water partition coefficient (Wildman–Crippen LogP) is -0.814. The van der Waals surface area contributed by atoms with Gasteiger partial charge in [-0.3, -0.25) is 9.78 Å². The summed E-state index contributed by atoms with van der Waals surface area (Å²) in [6, 6.07) is 0. The summed E-state index contributed by atoms with van der Waals surface area (Å²) >= 11 is 0. The molecule has 0 atom stereocenters. The summed E-state index contributed by atoms with van der Waals surface area (Å²) in [4.78, 5) is 26.0. The van der Waals surface area contributed by atoms with E-state index in [1.54, 1.807) is 0 Å². The summed E-state index contributed by atoms with van der Waals surface area (Å²) in [7, 11) is 0. The van der Waals surface area contributed by atoms with Gasteiger partial charge in [0.2, 0.25) is 0 Å². The third-order valence-electron chi connectivity index (χ3n) is 1.32. The zero-order chi connectivity index (χ0) is 10.8. The minimum absolute atomic E-state index is 0.117. The summed E-state index contributed by atoms with van der Waals surface area (Å²) < 4.78 is 0. The standard InChI is InChI=1S/C9H10N2O3/c1-9(2,14)4-3-6-5-10-8(13)11-7(6)12/h5,14H,1-2H3,(H2,10,11,12,13). The average molecular weight is 194 g/mol. The molecule has 1 aromatic rings. The molecule has 0 aliphatic heterocycles. The van der Waals surface area contributed by atoms with Crippen molar-refractivity contribution >= 4 is 0 Å². The van der Waals surface area contributed by atoms with Crippen molar-refractivity contribution < 1.29 is 5.11 Å². The lowest BCUT2D eigenvalue weighted by atomic mass is 10.1. The normalized spacial score (nSPS) is 10.5. The summed E-state index contributed by atoms with van der Waals surface area (Å²) in [6.45, 7) is 3.00. The molecule has 3 N–H and O–H groups in total. The Morgan fingerprint density at radius 1 is 1.43 bits per heavy atom. The van der Waals surface area contributed by atoms with E-state index in [0.29, 0.717) is 0 Å². The Labute approximate surface area is 79.8 Å². The number of hydrogen-bond donors (Lipinski definition) is 3. The fraction of sp³-hybridized carbons (Fsp3) is 0.333. The molecule has 14 heavy (non-hydrogen) atoms. The van der Waals surface area contributed by atoms with E-state index >= 15 is 0 Å². The average Bonchev–Trinajstić information content (AvgIpc) is 2.00. The maximum atomic E-state index is 11.1. The molecule has 0 aliphatic carbocycles. The number of nitrogens with one attached hydrogen (secondary N) is 2. The summed E-state index contributed by atoms with van der Waals surface area (Å²) in [5.41, 5.74) is -2.19. The topological polar surface area (TPSA) is 85.9 Å². The van der Waals surface area contributed by atoms with Crippen molar-refractivity contribution in [2.75, 3.05) is 0 Å². The molecule has 0 aromatic carbocycles. The van der Waals surface area contributed by atoms with Crippen LogP contribution in [0.2, 0.25) is 0 Å². The van der Waals surface area contributed by atoms with Crippen molar-refractivity contribution in [3.8, 4) is 11.8 Å². The van der Waals surface area contributed by atoms with Crippen LogP contribution in [0.1, 0.15) is 19.4 Å². The van der Waals surface area contributed by atoms with Gasteiger partial charge in [0.1, 0.15) is 11.2 Å². The molecule has 0 fully saturated rings. The molecule has 1 rings (SSSR count). The number of hydrogen-bond acceptors (Lipinski definition) is 3. The van der Waals surface area contributed by atoms with Crippen LogP contribution in [0.3, 0.4) is 0 Å². The van der Waals surface area contributed by atoms with E-state index in [1.165, 1.54) is 20.0 Å². The molecule has 0 spiro atoms. The zero-order valence-corrected chi connectivity index (χ0v) is 7.84. The molecule has 1 aromatic heterocycles. The number of H-pyrrole nitrogens is 2. The van der Waals surface area contributed by atoms with Gasteiger partial charge in [-0.1, -0.05) is 11.8 Å². The Morgan fingerprint density at radius 2 is 2.07 bits per heavy atom. The van der Waals surface area contributed by atoms with Gasteiger partial charge in [0.05, 0.1) is 0 Å². The second kappa shape index (κ2) is 3.52. The van der Waals surface area contributed by atoms with Crippen molar-refractivity contribution in [3.05, 3.63) is 32.6 Å². The molecular weight excluding hydrogens is 184 g/mol. The first kappa shape index (κ1) is 10.3. The highest BCUT2D eigenvalue weighted by Crippen LogP contribution is 1.96. The van der Waals surface area contributed by atoms with Gasteiger partial charge in [0, 0.05) is 6.20 Å². The van der Waals surface area contributed by atoms with Crippen LogP contribution in [0.15, 0.2) is 15.8 Å². The second-order valence-corrected chi connectivity index (χ2v) is 3.29. The first-order valence-corrected chi connectivity index (χ1v) is 3.96. The second-order valence-electron chi connectivity index (χ2n) is 3.29. The molecule has 0 aliphatic rings. The van der Waals surface area contributed by atoms with Crippen molar-refractivity contribution in [2.45, 2.75) is 19.4 Å². The Kier molecular flexibility index (Phi) is 2.58. The quantitative estimate of drug-likeness (QED) is 0.472. The van der Waals surface area contributed by atoms with Crippen LogP contribution < -0.4 is 11.2 Å². The minimum atomic E-state index is -1.16. The van der Waals surface area contributed by atoms with Crippen LogP contribution in [0.25, 0.3) is 0 Å². The minimum Gasteiger partial charge on any atom is -0.378 e. The third kappa shape index (κ3) is 2.92. The number of aromatic nitrogens is 2. The van der Waals surface area contributed by atoms with Crippen molar-refractivity contribution in [1.29, 1.82) is 0 Å². The van der Waals surface area contributed by atoms with Gasteiger partial charge in [-0.15, -0.1) is 0 Å². The third-order valence-corrected chi connectivity index (χ3v) is 1.32. The van der Waals surface area contributed by atoms with E-state index in [1.807, 2.05) is 4.98 Å². The number of aliphatic hydroxyl groups is 1. The zero-order valence-electron chi connectivity index (χ0n) is 7.84. The van der Waals surface area contributed by atoms with Gasteiger partial charge < -0.3 is 10.1 Å². The highest BCUT2D eigenvalue weighted by molar-refractivity contribution is 5.31. The van der Waals surface area contributed by atoms with Gasteiger partial charge in [-0.2, -0.15) is 0 Å². The molecule has 0 unspecified atom stereocenters. The predicted molar refractivity (Wildman–Crippen MR) is 50.9 cm³/mol. The summed E-state index contributed by atoms with van der Waals surface area (Å²) in [5, 5.41) is 9.27. The van der Waals surface area contributed by atoms with Crippen LogP contribution in [0.5, 0.6) is 0 Å². The Balaban J connectivity index is 3.15. The van der Waals surface area contributed by atoms with Crippen molar-refractivity contribution in [1.82, 2.24) is 9.97 Å². The number of rotatable bonds is 0. The molecule has 1 heterocycles. The van der Waals surface area contributed by atoms with E-state index in [0.717, 1.165) is 0 Å². The molecule has 74 valence electrons. The van der Waals surface area contributed by atoms with E-state index < -0.39 is 16.9 Å². The number of aromatic amines is 2. The van der Waals surface area contributed by atoms with E-state index in [4.69, 9.17) is 0 Å². The molecule has 0 saturated heterocycles. The Bertz CT molecular complexity index is 494. The first-order chi connectivity index (χ1) is 6.38. The van der Waals surface area contributed by atoms with E-state index in [2.05, 4.69) is 16.8 Å². The van der Waals surface area contributed by atoms with Gasteiger partial charge >= 0.3 is 5.69 Å². The molecule has 5 nitrogen and oxygen atoms in total. The Morgan fingerprint density at radius 3 is 2.57 bits per heavy atom. The molecule has 5 heteroatoms. The summed E-state index contributed by atoms with van der Waals surface area (Å²) in [5.74, 6) is 4.93. The van der Waals surface area contributed by atoms with Crippen molar-refractivity contribution in [2.24, 2.45) is 0 Å². The lowest BCUT2D eigenvalue weighted by molar-refractivity contribution is 0.143. The fourth-order valence-corrected chi connectivity index (χ4v) is 0.723. The Hall–Kier alpha value is -1.80. The maximum absolute atomic E-state index is 11.1. The first-order valence-electron chi connectivity index (χ1n) is 3.96. The molecule has 0 radical (unpaired) electrons. The van der Waals surface area contributed by atoms with Gasteiger partial charge in [-0.25, -0.2) is 4.79 Å². The summed E-state index contributed by atoms with van der Waals surface area (Å²) in [6.07, 6.45) is 1.21. The molecular formula is C9H10N2O3. The maximum Gasteiger partial charge on any atom is 0.325 e.